The summed E-state index contributed by atoms with van der Waals surface area (Å²) in [5, 5.41) is 12.0. The highest BCUT2D eigenvalue weighted by Gasteiger charge is 2.37. The zero-order valence-corrected chi connectivity index (χ0v) is 16.3. The standard InChI is InChI=1S/C21H28N4O3/c1-24(18-6-3-2-5-17(18)23-21(26)27)19-7-4-13-25(19)16-10-8-15(9-11-16)20-22-12-14-28-20/h8-12,14,17-19,23H,2-7,13H2,1H3,(H,26,27)/t17-,18-,19?/m1/s1. The van der Waals surface area contributed by atoms with Crippen LogP contribution in [0, 0.1) is 0 Å². The number of rotatable bonds is 5. The number of likely N-dealkylation sites (N-methyl/N-ethyl adjacent to an activating group) is 1. The highest BCUT2D eigenvalue weighted by Crippen LogP contribution is 2.32. The summed E-state index contributed by atoms with van der Waals surface area (Å²) in [5.41, 5.74) is 2.15. The summed E-state index contributed by atoms with van der Waals surface area (Å²) < 4.78 is 5.38. The Hall–Kier alpha value is -2.54. The fraction of sp³-hybridized carbons (Fsp3) is 0.524. The molecule has 1 saturated carbocycles. The predicted molar refractivity (Wildman–Crippen MR) is 107 cm³/mol. The fourth-order valence-electron chi connectivity index (χ4n) is 4.78. The van der Waals surface area contributed by atoms with Gasteiger partial charge in [0.25, 0.3) is 0 Å². The SMILES string of the molecule is CN(C1CCCN1c1ccc(-c2ncco2)cc1)[C@@H]1CCCC[C@H]1NC(=O)O. The molecule has 1 aliphatic carbocycles. The number of amides is 1. The Morgan fingerprint density at radius 3 is 2.71 bits per heavy atom. The molecule has 2 heterocycles. The van der Waals surface area contributed by atoms with Gasteiger partial charge in [0.2, 0.25) is 5.89 Å². The third-order valence-electron chi connectivity index (χ3n) is 6.13. The van der Waals surface area contributed by atoms with Crippen molar-refractivity contribution >= 4 is 11.8 Å². The maximum atomic E-state index is 11.2. The number of anilines is 1. The summed E-state index contributed by atoms with van der Waals surface area (Å²) >= 11 is 0. The number of hydrogen-bond donors (Lipinski definition) is 2. The first-order valence-corrected chi connectivity index (χ1v) is 10.1. The second kappa shape index (κ2) is 8.22. The van der Waals surface area contributed by atoms with Gasteiger partial charge in [0.05, 0.1) is 12.4 Å². The van der Waals surface area contributed by atoms with Crippen molar-refractivity contribution in [3.8, 4) is 11.5 Å². The van der Waals surface area contributed by atoms with E-state index < -0.39 is 6.09 Å². The van der Waals surface area contributed by atoms with Crippen LogP contribution in [0.3, 0.4) is 0 Å². The molecule has 1 aromatic heterocycles. The first-order chi connectivity index (χ1) is 13.6. The summed E-state index contributed by atoms with van der Waals surface area (Å²) in [6, 6.07) is 8.59. The molecule has 4 rings (SSSR count). The molecule has 3 atom stereocenters. The van der Waals surface area contributed by atoms with Crippen molar-refractivity contribution in [2.75, 3.05) is 18.5 Å². The minimum Gasteiger partial charge on any atom is -0.465 e. The van der Waals surface area contributed by atoms with E-state index in [0.29, 0.717) is 5.89 Å². The summed E-state index contributed by atoms with van der Waals surface area (Å²) in [6.45, 7) is 1.01. The van der Waals surface area contributed by atoms with Gasteiger partial charge in [-0.25, -0.2) is 9.78 Å². The topological polar surface area (TPSA) is 81.8 Å². The molecular weight excluding hydrogens is 356 g/mol. The number of oxazole rings is 1. The van der Waals surface area contributed by atoms with Crippen LogP contribution in [0.4, 0.5) is 10.5 Å². The monoisotopic (exact) mass is 384 g/mol. The maximum Gasteiger partial charge on any atom is 0.404 e. The number of benzene rings is 1. The first kappa shape index (κ1) is 18.8. The minimum atomic E-state index is -0.921. The lowest BCUT2D eigenvalue weighted by Crippen LogP contribution is -2.57. The van der Waals surface area contributed by atoms with Gasteiger partial charge >= 0.3 is 6.09 Å². The fourth-order valence-corrected chi connectivity index (χ4v) is 4.78. The normalized spacial score (nSPS) is 25.2. The van der Waals surface area contributed by atoms with Gasteiger partial charge in [-0.1, -0.05) is 12.8 Å². The molecule has 0 spiro atoms. The number of nitrogens with one attached hydrogen (secondary N) is 1. The molecule has 0 radical (unpaired) electrons. The van der Waals surface area contributed by atoms with Crippen LogP contribution >= 0.6 is 0 Å². The van der Waals surface area contributed by atoms with Crippen molar-refractivity contribution in [2.24, 2.45) is 0 Å². The third-order valence-corrected chi connectivity index (χ3v) is 6.13. The highest BCUT2D eigenvalue weighted by atomic mass is 16.4. The number of nitrogens with zero attached hydrogens (tertiary/aromatic N) is 3. The number of aromatic nitrogens is 1. The van der Waals surface area contributed by atoms with Crippen LogP contribution in [0.15, 0.2) is 41.1 Å². The van der Waals surface area contributed by atoms with E-state index in [1.807, 2.05) is 12.1 Å². The second-order valence-corrected chi connectivity index (χ2v) is 7.77. The lowest BCUT2D eigenvalue weighted by molar-refractivity contribution is 0.105. The maximum absolute atomic E-state index is 11.2. The lowest BCUT2D eigenvalue weighted by atomic mass is 9.89. The van der Waals surface area contributed by atoms with Crippen molar-refractivity contribution in [1.82, 2.24) is 15.2 Å². The van der Waals surface area contributed by atoms with E-state index in [0.717, 1.165) is 50.6 Å². The zero-order valence-electron chi connectivity index (χ0n) is 16.3. The summed E-state index contributed by atoms with van der Waals surface area (Å²) in [6.07, 6.45) is 9.03. The highest BCUT2D eigenvalue weighted by molar-refractivity contribution is 5.65. The van der Waals surface area contributed by atoms with Crippen molar-refractivity contribution < 1.29 is 14.3 Å². The molecule has 1 aliphatic heterocycles. The van der Waals surface area contributed by atoms with Gasteiger partial charge in [-0.3, -0.25) is 4.90 Å². The molecule has 1 amide bonds. The van der Waals surface area contributed by atoms with Gasteiger partial charge < -0.3 is 19.7 Å². The summed E-state index contributed by atoms with van der Waals surface area (Å²) in [4.78, 5) is 20.3. The van der Waals surface area contributed by atoms with Crippen LogP contribution in [0.2, 0.25) is 0 Å². The minimum absolute atomic E-state index is 0.00565. The largest absolute Gasteiger partial charge is 0.465 e. The Balaban J connectivity index is 1.50. The summed E-state index contributed by atoms with van der Waals surface area (Å²) in [5.74, 6) is 0.631. The van der Waals surface area contributed by atoms with Crippen LogP contribution in [-0.4, -0.2) is 52.9 Å². The first-order valence-electron chi connectivity index (χ1n) is 10.1. The Kier molecular flexibility index (Phi) is 5.52. The van der Waals surface area contributed by atoms with Gasteiger partial charge in [0.1, 0.15) is 6.26 Å². The molecule has 2 fully saturated rings. The van der Waals surface area contributed by atoms with E-state index in [-0.39, 0.29) is 18.2 Å². The molecule has 1 unspecified atom stereocenters. The molecule has 2 aromatic rings. The average Bonchev–Trinajstić information content (AvgIpc) is 3.40. The van der Waals surface area contributed by atoms with E-state index in [9.17, 15) is 9.90 Å². The Morgan fingerprint density at radius 1 is 1.21 bits per heavy atom. The smallest absolute Gasteiger partial charge is 0.404 e. The van der Waals surface area contributed by atoms with Crippen LogP contribution < -0.4 is 10.2 Å². The molecule has 28 heavy (non-hydrogen) atoms. The predicted octanol–water partition coefficient (Wildman–Crippen LogP) is 3.78. The van der Waals surface area contributed by atoms with Crippen LogP contribution in [-0.2, 0) is 0 Å². The molecule has 2 N–H and O–H groups in total. The molecule has 150 valence electrons. The summed E-state index contributed by atoms with van der Waals surface area (Å²) in [7, 11) is 2.15. The van der Waals surface area contributed by atoms with Gasteiger partial charge in [0, 0.05) is 29.9 Å². The molecular formula is C21H28N4O3. The molecule has 1 aromatic carbocycles. The van der Waals surface area contributed by atoms with Crippen LogP contribution in [0.25, 0.3) is 11.5 Å². The van der Waals surface area contributed by atoms with E-state index in [1.54, 1.807) is 12.5 Å². The Bertz CT molecular complexity index is 777. The lowest BCUT2D eigenvalue weighted by Gasteiger charge is -2.43. The van der Waals surface area contributed by atoms with Crippen molar-refractivity contribution in [3.05, 3.63) is 36.7 Å². The van der Waals surface area contributed by atoms with Crippen LogP contribution in [0.5, 0.6) is 0 Å². The zero-order chi connectivity index (χ0) is 19.5. The molecule has 7 heteroatoms. The quantitative estimate of drug-likeness (QED) is 0.816. The third kappa shape index (κ3) is 3.85. The molecule has 0 bridgehead atoms. The van der Waals surface area contributed by atoms with Crippen molar-refractivity contribution in [3.63, 3.8) is 0 Å². The second-order valence-electron chi connectivity index (χ2n) is 7.77. The van der Waals surface area contributed by atoms with Gasteiger partial charge in [0.15, 0.2) is 0 Å². The van der Waals surface area contributed by atoms with Gasteiger partial charge in [-0.05, 0) is 57.0 Å². The van der Waals surface area contributed by atoms with E-state index >= 15 is 0 Å². The van der Waals surface area contributed by atoms with Crippen molar-refractivity contribution in [2.45, 2.75) is 56.8 Å². The van der Waals surface area contributed by atoms with E-state index in [2.05, 4.69) is 39.3 Å². The number of hydrogen-bond acceptors (Lipinski definition) is 5. The number of carbonyl (C=O) groups is 1. The number of carboxylic acid groups (broad SMARTS) is 1. The average molecular weight is 384 g/mol. The Labute approximate surface area is 165 Å². The Morgan fingerprint density at radius 2 is 2.00 bits per heavy atom. The molecule has 7 nitrogen and oxygen atoms in total. The van der Waals surface area contributed by atoms with Gasteiger partial charge in [-0.15, -0.1) is 0 Å². The van der Waals surface area contributed by atoms with Crippen molar-refractivity contribution in [1.29, 1.82) is 0 Å². The molecule has 1 saturated heterocycles. The van der Waals surface area contributed by atoms with Gasteiger partial charge in [-0.2, -0.15) is 0 Å². The van der Waals surface area contributed by atoms with E-state index in [4.69, 9.17) is 4.42 Å². The van der Waals surface area contributed by atoms with E-state index in [1.165, 1.54) is 5.69 Å². The van der Waals surface area contributed by atoms with Crippen LogP contribution in [0.1, 0.15) is 38.5 Å². The molecule has 2 aliphatic rings.